The summed E-state index contributed by atoms with van der Waals surface area (Å²) in [5.74, 6) is -0.150. The van der Waals surface area contributed by atoms with E-state index in [2.05, 4.69) is 15.7 Å². The minimum absolute atomic E-state index is 0.00104. The van der Waals surface area contributed by atoms with Gasteiger partial charge in [-0.3, -0.25) is 4.79 Å². The minimum Gasteiger partial charge on any atom is -0.496 e. The molecule has 0 bridgehead atoms. The Morgan fingerprint density at radius 1 is 1.14 bits per heavy atom. The number of hydrogen-bond donors (Lipinski definition) is 4. The number of carbonyl (C=O) groups is 2. The van der Waals surface area contributed by atoms with Crippen LogP contribution in [-0.4, -0.2) is 58.1 Å². The molecule has 0 aliphatic carbocycles. The lowest BCUT2D eigenvalue weighted by Gasteiger charge is -2.27. The standard InChI is InChI=1S/C28H36N4O5/c1-17(19-10-7-9-13-23(19)36-5)14-24(30-27(35)37-28(2,3)4)31-32-22(25(32)26(33)34)15-18-16-29-21-12-8-6-11-20(18)21/h6-13,16-17,22,24-25,29,31H,14-15H2,1-5H3,(H,30,35)(H,33,34)/t17?,22-,24?,25-,32?/m1/s1. The quantitative estimate of drug-likeness (QED) is 0.237. The van der Waals surface area contributed by atoms with Crippen LogP contribution in [0.2, 0.25) is 0 Å². The molecule has 0 radical (unpaired) electrons. The molecular formula is C28H36N4O5. The molecule has 2 aromatic carbocycles. The number of para-hydroxylation sites is 2. The highest BCUT2D eigenvalue weighted by Crippen LogP contribution is 2.34. The molecule has 0 spiro atoms. The molecule has 5 atom stereocenters. The Balaban J connectivity index is 1.52. The molecule has 2 heterocycles. The highest BCUT2D eigenvalue weighted by atomic mass is 16.6. The number of fused-ring (bicyclic) bond motifs is 1. The van der Waals surface area contributed by atoms with Gasteiger partial charge in [0.25, 0.3) is 0 Å². The molecule has 37 heavy (non-hydrogen) atoms. The lowest BCUT2D eigenvalue weighted by atomic mass is 9.95. The number of benzene rings is 2. The van der Waals surface area contributed by atoms with Crippen LogP contribution in [0, 0.1) is 0 Å². The predicted octanol–water partition coefficient (Wildman–Crippen LogP) is 4.41. The molecule has 4 N–H and O–H groups in total. The molecule has 4 rings (SSSR count). The molecule has 1 aliphatic heterocycles. The van der Waals surface area contributed by atoms with Crippen LogP contribution in [0.25, 0.3) is 10.9 Å². The summed E-state index contributed by atoms with van der Waals surface area (Å²) in [4.78, 5) is 28.0. The van der Waals surface area contributed by atoms with Crippen molar-refractivity contribution in [3.63, 3.8) is 0 Å². The first-order valence-corrected chi connectivity index (χ1v) is 12.5. The Bertz CT molecular complexity index is 1250. The van der Waals surface area contributed by atoms with Gasteiger partial charge >= 0.3 is 12.1 Å². The van der Waals surface area contributed by atoms with Crippen LogP contribution < -0.4 is 15.5 Å². The summed E-state index contributed by atoms with van der Waals surface area (Å²) in [7, 11) is 1.63. The number of amides is 1. The van der Waals surface area contributed by atoms with Gasteiger partial charge in [0.15, 0.2) is 0 Å². The topological polar surface area (TPSA) is 116 Å². The molecule has 1 amide bonds. The number of hydrazine groups is 1. The number of carboxylic acids is 1. The van der Waals surface area contributed by atoms with E-state index >= 15 is 0 Å². The van der Waals surface area contributed by atoms with Crippen LogP contribution in [0.3, 0.4) is 0 Å². The van der Waals surface area contributed by atoms with Crippen molar-refractivity contribution < 1.29 is 24.2 Å². The first kappa shape index (κ1) is 26.5. The first-order chi connectivity index (χ1) is 17.6. The van der Waals surface area contributed by atoms with Gasteiger partial charge in [0.05, 0.1) is 19.3 Å². The van der Waals surface area contributed by atoms with E-state index in [9.17, 15) is 14.7 Å². The molecule has 9 nitrogen and oxygen atoms in total. The zero-order chi connectivity index (χ0) is 26.7. The fourth-order valence-corrected chi connectivity index (χ4v) is 4.80. The number of carboxylic acid groups (broad SMARTS) is 1. The number of aliphatic carboxylic acids is 1. The lowest BCUT2D eigenvalue weighted by Crippen LogP contribution is -2.50. The zero-order valence-electron chi connectivity index (χ0n) is 21.9. The summed E-state index contributed by atoms with van der Waals surface area (Å²) in [6, 6.07) is 14.7. The van der Waals surface area contributed by atoms with Crippen LogP contribution in [0.5, 0.6) is 5.75 Å². The summed E-state index contributed by atoms with van der Waals surface area (Å²) in [5, 5.41) is 15.6. The molecule has 198 valence electrons. The number of alkyl carbamates (subject to hydrolysis) is 1. The van der Waals surface area contributed by atoms with Crippen LogP contribution >= 0.6 is 0 Å². The number of aromatic nitrogens is 1. The number of rotatable bonds is 10. The number of aromatic amines is 1. The van der Waals surface area contributed by atoms with Crippen LogP contribution in [0.15, 0.2) is 54.7 Å². The average Bonchev–Trinajstić information content (AvgIpc) is 3.35. The number of ether oxygens (including phenoxy) is 2. The molecule has 1 saturated heterocycles. The van der Waals surface area contributed by atoms with E-state index in [4.69, 9.17) is 9.47 Å². The van der Waals surface area contributed by atoms with Crippen molar-refractivity contribution in [1.29, 1.82) is 0 Å². The maximum Gasteiger partial charge on any atom is 0.408 e. The van der Waals surface area contributed by atoms with Crippen molar-refractivity contribution in [1.82, 2.24) is 20.7 Å². The highest BCUT2D eigenvalue weighted by molar-refractivity contribution is 5.84. The van der Waals surface area contributed by atoms with Crippen molar-refractivity contribution in [2.45, 2.75) is 70.3 Å². The van der Waals surface area contributed by atoms with Crippen LogP contribution in [-0.2, 0) is 16.0 Å². The number of nitrogens with one attached hydrogen (secondary N) is 3. The number of nitrogens with zero attached hydrogens (tertiary/aromatic N) is 1. The summed E-state index contributed by atoms with van der Waals surface area (Å²) >= 11 is 0. The number of methoxy groups -OCH3 is 1. The van der Waals surface area contributed by atoms with Gasteiger partial charge in [-0.15, -0.1) is 0 Å². The van der Waals surface area contributed by atoms with Gasteiger partial charge < -0.3 is 24.9 Å². The second kappa shape index (κ2) is 10.8. The molecule has 1 aromatic heterocycles. The minimum atomic E-state index is -0.911. The molecule has 1 aliphatic rings. The molecule has 0 saturated carbocycles. The second-order valence-electron chi connectivity index (χ2n) is 10.5. The number of carbonyl (C=O) groups excluding carboxylic acids is 1. The van der Waals surface area contributed by atoms with Gasteiger partial charge in [-0.1, -0.05) is 43.3 Å². The van der Waals surface area contributed by atoms with Gasteiger partial charge in [-0.2, -0.15) is 0 Å². The van der Waals surface area contributed by atoms with E-state index in [0.717, 1.165) is 27.8 Å². The summed E-state index contributed by atoms with van der Waals surface area (Å²) in [6.07, 6.45) is 1.83. The van der Waals surface area contributed by atoms with Gasteiger partial charge in [-0.05, 0) is 62.8 Å². The van der Waals surface area contributed by atoms with E-state index in [1.165, 1.54) is 0 Å². The fourth-order valence-electron chi connectivity index (χ4n) is 4.80. The maximum absolute atomic E-state index is 12.7. The van der Waals surface area contributed by atoms with E-state index in [1.807, 2.05) is 61.7 Å². The van der Waals surface area contributed by atoms with Gasteiger partial charge in [0.2, 0.25) is 0 Å². The van der Waals surface area contributed by atoms with Crippen molar-refractivity contribution in [2.24, 2.45) is 0 Å². The Labute approximate surface area is 217 Å². The van der Waals surface area contributed by atoms with Crippen molar-refractivity contribution in [3.05, 3.63) is 65.9 Å². The predicted molar refractivity (Wildman–Crippen MR) is 141 cm³/mol. The van der Waals surface area contributed by atoms with Crippen molar-refractivity contribution in [2.75, 3.05) is 7.11 Å². The normalized spacial score (nSPS) is 20.7. The van der Waals surface area contributed by atoms with E-state index < -0.39 is 29.9 Å². The fraction of sp³-hybridized carbons (Fsp3) is 0.429. The van der Waals surface area contributed by atoms with Gasteiger partial charge in [0.1, 0.15) is 17.4 Å². The largest absolute Gasteiger partial charge is 0.496 e. The number of H-pyrrole nitrogens is 1. The van der Waals surface area contributed by atoms with Gasteiger partial charge in [0, 0.05) is 17.1 Å². The highest BCUT2D eigenvalue weighted by Gasteiger charge is 2.54. The third-order valence-corrected chi connectivity index (χ3v) is 6.54. The lowest BCUT2D eigenvalue weighted by molar-refractivity contribution is -0.137. The summed E-state index contributed by atoms with van der Waals surface area (Å²) in [5.41, 5.74) is 5.68. The van der Waals surface area contributed by atoms with Gasteiger partial charge in [-0.25, -0.2) is 15.2 Å². The van der Waals surface area contributed by atoms with E-state index in [0.29, 0.717) is 12.8 Å². The monoisotopic (exact) mass is 508 g/mol. The molecular weight excluding hydrogens is 472 g/mol. The Morgan fingerprint density at radius 3 is 2.54 bits per heavy atom. The molecule has 3 aromatic rings. The average molecular weight is 509 g/mol. The smallest absolute Gasteiger partial charge is 0.408 e. The SMILES string of the molecule is COc1ccccc1C(C)CC(NC(=O)OC(C)(C)C)NN1[C@H](Cc2c[nH]c3ccccc23)[C@@H]1C(=O)O. The first-order valence-electron chi connectivity index (χ1n) is 12.5. The van der Waals surface area contributed by atoms with Crippen LogP contribution in [0.4, 0.5) is 4.79 Å². The van der Waals surface area contributed by atoms with E-state index in [-0.39, 0.29) is 12.0 Å². The third-order valence-electron chi connectivity index (χ3n) is 6.54. The molecule has 9 heteroatoms. The van der Waals surface area contributed by atoms with E-state index in [1.54, 1.807) is 32.9 Å². The second-order valence-corrected chi connectivity index (χ2v) is 10.5. The zero-order valence-corrected chi connectivity index (χ0v) is 21.9. The Morgan fingerprint density at radius 2 is 1.84 bits per heavy atom. The van der Waals surface area contributed by atoms with Crippen LogP contribution in [0.1, 0.15) is 51.2 Å². The maximum atomic E-state index is 12.7. The third kappa shape index (κ3) is 6.42. The van der Waals surface area contributed by atoms with Crippen molar-refractivity contribution >= 4 is 23.0 Å². The summed E-state index contributed by atoms with van der Waals surface area (Å²) in [6.45, 7) is 7.45. The molecule has 3 unspecified atom stereocenters. The number of hydrogen-bond acceptors (Lipinski definition) is 6. The Kier molecular flexibility index (Phi) is 7.75. The van der Waals surface area contributed by atoms with Crippen molar-refractivity contribution in [3.8, 4) is 5.75 Å². The Hall–Kier alpha value is -3.56. The summed E-state index contributed by atoms with van der Waals surface area (Å²) < 4.78 is 11.0. The molecule has 1 fully saturated rings.